The number of carbonyl (C=O) groups excluding carboxylic acids is 1. The van der Waals surface area contributed by atoms with Crippen molar-refractivity contribution < 1.29 is 14.3 Å². The molecule has 0 spiro atoms. The van der Waals surface area contributed by atoms with Crippen LogP contribution in [-0.2, 0) is 6.54 Å². The third-order valence-corrected chi connectivity index (χ3v) is 3.09. The maximum absolute atomic E-state index is 12.0. The Morgan fingerprint density at radius 2 is 2.32 bits per heavy atom. The fraction of sp³-hybridized carbons (Fsp3) is 0.154. The maximum Gasteiger partial charge on any atom is 0.251 e. The van der Waals surface area contributed by atoms with Gasteiger partial charge in [0, 0.05) is 24.5 Å². The molecule has 1 aliphatic heterocycles. The lowest BCUT2D eigenvalue weighted by molar-refractivity contribution is 0.0950. The number of aromatic amines is 1. The number of H-pyrrole nitrogens is 1. The first-order valence-electron chi connectivity index (χ1n) is 5.73. The molecule has 1 amide bonds. The third-order valence-electron chi connectivity index (χ3n) is 2.80. The molecule has 1 aliphatic rings. The van der Waals surface area contributed by atoms with Gasteiger partial charge in [-0.05, 0) is 23.8 Å². The van der Waals surface area contributed by atoms with Gasteiger partial charge >= 0.3 is 0 Å². The number of ether oxygens (including phenoxy) is 2. The molecule has 0 saturated heterocycles. The molecule has 3 rings (SSSR count). The summed E-state index contributed by atoms with van der Waals surface area (Å²) in [5, 5.41) is 3.18. The molecule has 5 nitrogen and oxygen atoms in total. The van der Waals surface area contributed by atoms with Crippen molar-refractivity contribution in [3.63, 3.8) is 0 Å². The van der Waals surface area contributed by atoms with Gasteiger partial charge in [0.2, 0.25) is 6.79 Å². The molecule has 0 unspecified atom stereocenters. The van der Waals surface area contributed by atoms with Crippen LogP contribution in [0, 0.1) is 0 Å². The number of hydrogen-bond acceptors (Lipinski definition) is 3. The van der Waals surface area contributed by atoms with E-state index in [9.17, 15) is 4.79 Å². The normalized spacial score (nSPS) is 12.5. The molecule has 19 heavy (non-hydrogen) atoms. The standard InChI is InChI=1S/C13H11ClN2O3/c14-10-3-9(4-11-12(10)19-7-18-11)13(17)16-6-8-1-2-15-5-8/h1-5,15H,6-7H2,(H,16,17). The predicted molar refractivity (Wildman–Crippen MR) is 69.5 cm³/mol. The molecule has 2 aromatic rings. The highest BCUT2D eigenvalue weighted by Crippen LogP contribution is 2.39. The van der Waals surface area contributed by atoms with Crippen molar-refractivity contribution in [2.45, 2.75) is 6.54 Å². The Morgan fingerprint density at radius 3 is 3.11 bits per heavy atom. The Hall–Kier alpha value is -2.14. The van der Waals surface area contributed by atoms with Crippen molar-refractivity contribution in [2.75, 3.05) is 6.79 Å². The summed E-state index contributed by atoms with van der Waals surface area (Å²) < 4.78 is 10.4. The average Bonchev–Trinajstić information content (AvgIpc) is 3.06. The fourth-order valence-electron chi connectivity index (χ4n) is 1.85. The number of carbonyl (C=O) groups is 1. The molecule has 1 aromatic heterocycles. The number of halogens is 1. The van der Waals surface area contributed by atoms with E-state index in [0.29, 0.717) is 28.6 Å². The topological polar surface area (TPSA) is 63.4 Å². The molecular weight excluding hydrogens is 268 g/mol. The largest absolute Gasteiger partial charge is 0.454 e. The SMILES string of the molecule is O=C(NCc1cc[nH]c1)c1cc(Cl)c2c(c1)OCO2. The van der Waals surface area contributed by atoms with E-state index in [4.69, 9.17) is 21.1 Å². The summed E-state index contributed by atoms with van der Waals surface area (Å²) in [5.41, 5.74) is 1.45. The minimum absolute atomic E-state index is 0.128. The average molecular weight is 279 g/mol. The molecule has 0 bridgehead atoms. The summed E-state index contributed by atoms with van der Waals surface area (Å²) in [5.74, 6) is 0.782. The maximum atomic E-state index is 12.0. The molecule has 2 heterocycles. The van der Waals surface area contributed by atoms with Crippen LogP contribution < -0.4 is 14.8 Å². The van der Waals surface area contributed by atoms with Gasteiger partial charge in [0.15, 0.2) is 11.5 Å². The lowest BCUT2D eigenvalue weighted by Gasteiger charge is -2.06. The zero-order valence-corrected chi connectivity index (χ0v) is 10.7. The van der Waals surface area contributed by atoms with E-state index in [-0.39, 0.29) is 12.7 Å². The van der Waals surface area contributed by atoms with Crippen LogP contribution in [0.3, 0.4) is 0 Å². The summed E-state index contributed by atoms with van der Waals surface area (Å²) in [7, 11) is 0. The highest BCUT2D eigenvalue weighted by molar-refractivity contribution is 6.32. The second-order valence-corrected chi connectivity index (χ2v) is 4.50. The van der Waals surface area contributed by atoms with Crippen LogP contribution in [0.15, 0.2) is 30.6 Å². The van der Waals surface area contributed by atoms with E-state index in [1.165, 1.54) is 0 Å². The smallest absolute Gasteiger partial charge is 0.251 e. The minimum atomic E-state index is -0.207. The Morgan fingerprint density at radius 1 is 1.42 bits per heavy atom. The van der Waals surface area contributed by atoms with Crippen LogP contribution in [0.5, 0.6) is 11.5 Å². The third kappa shape index (κ3) is 2.37. The molecule has 0 saturated carbocycles. The van der Waals surface area contributed by atoms with Crippen LogP contribution in [-0.4, -0.2) is 17.7 Å². The molecule has 0 radical (unpaired) electrons. The quantitative estimate of drug-likeness (QED) is 0.906. The molecule has 0 fully saturated rings. The van der Waals surface area contributed by atoms with E-state index in [2.05, 4.69) is 10.3 Å². The van der Waals surface area contributed by atoms with Crippen LogP contribution in [0.2, 0.25) is 5.02 Å². The zero-order valence-electron chi connectivity index (χ0n) is 9.90. The molecule has 0 aliphatic carbocycles. The van der Waals surface area contributed by atoms with E-state index < -0.39 is 0 Å². The summed E-state index contributed by atoms with van der Waals surface area (Å²) in [6.45, 7) is 0.581. The van der Waals surface area contributed by atoms with E-state index >= 15 is 0 Å². The van der Waals surface area contributed by atoms with Gasteiger partial charge in [0.1, 0.15) is 0 Å². The van der Waals surface area contributed by atoms with Gasteiger partial charge in [0.05, 0.1) is 5.02 Å². The van der Waals surface area contributed by atoms with Gasteiger partial charge in [-0.15, -0.1) is 0 Å². The number of nitrogens with one attached hydrogen (secondary N) is 2. The van der Waals surface area contributed by atoms with E-state index in [1.54, 1.807) is 18.3 Å². The summed E-state index contributed by atoms with van der Waals surface area (Å²) in [6.07, 6.45) is 3.63. The molecule has 6 heteroatoms. The monoisotopic (exact) mass is 278 g/mol. The van der Waals surface area contributed by atoms with Crippen LogP contribution >= 0.6 is 11.6 Å². The van der Waals surface area contributed by atoms with Crippen molar-refractivity contribution in [1.29, 1.82) is 0 Å². The summed E-state index contributed by atoms with van der Waals surface area (Å²) >= 11 is 6.03. The highest BCUT2D eigenvalue weighted by Gasteiger charge is 2.20. The Balaban J connectivity index is 1.75. The number of benzene rings is 1. The van der Waals surface area contributed by atoms with Crippen LogP contribution in [0.1, 0.15) is 15.9 Å². The van der Waals surface area contributed by atoms with Gasteiger partial charge in [-0.3, -0.25) is 4.79 Å². The van der Waals surface area contributed by atoms with Crippen molar-refractivity contribution in [2.24, 2.45) is 0 Å². The number of aromatic nitrogens is 1. The minimum Gasteiger partial charge on any atom is -0.454 e. The zero-order chi connectivity index (χ0) is 13.2. The lowest BCUT2D eigenvalue weighted by Crippen LogP contribution is -2.22. The van der Waals surface area contributed by atoms with Gasteiger partial charge in [-0.2, -0.15) is 0 Å². The van der Waals surface area contributed by atoms with Crippen molar-refractivity contribution in [3.8, 4) is 11.5 Å². The second kappa shape index (κ2) is 4.85. The summed E-state index contributed by atoms with van der Waals surface area (Å²) in [4.78, 5) is 14.9. The number of hydrogen-bond donors (Lipinski definition) is 2. The van der Waals surface area contributed by atoms with E-state index in [1.807, 2.05) is 12.3 Å². The fourth-order valence-corrected chi connectivity index (χ4v) is 2.12. The first-order chi connectivity index (χ1) is 9.24. The predicted octanol–water partition coefficient (Wildman–Crippen LogP) is 2.33. The molecule has 98 valence electrons. The van der Waals surface area contributed by atoms with Gasteiger partial charge < -0.3 is 19.8 Å². The molecule has 0 atom stereocenters. The second-order valence-electron chi connectivity index (χ2n) is 4.09. The summed E-state index contributed by atoms with van der Waals surface area (Å²) in [6, 6.07) is 5.09. The number of rotatable bonds is 3. The Labute approximate surface area is 114 Å². The van der Waals surface area contributed by atoms with Gasteiger partial charge in [-0.1, -0.05) is 11.6 Å². The molecular formula is C13H11ClN2O3. The van der Waals surface area contributed by atoms with Crippen LogP contribution in [0.4, 0.5) is 0 Å². The number of amides is 1. The first-order valence-corrected chi connectivity index (χ1v) is 6.11. The van der Waals surface area contributed by atoms with Crippen LogP contribution in [0.25, 0.3) is 0 Å². The van der Waals surface area contributed by atoms with Crippen molar-refractivity contribution in [3.05, 3.63) is 46.7 Å². The molecule has 2 N–H and O–H groups in total. The van der Waals surface area contributed by atoms with E-state index in [0.717, 1.165) is 5.56 Å². The first kappa shape index (κ1) is 11.9. The Bertz CT molecular complexity index is 611. The van der Waals surface area contributed by atoms with Crippen molar-refractivity contribution in [1.82, 2.24) is 10.3 Å². The number of fused-ring (bicyclic) bond motifs is 1. The van der Waals surface area contributed by atoms with Crippen molar-refractivity contribution >= 4 is 17.5 Å². The molecule has 1 aromatic carbocycles. The van der Waals surface area contributed by atoms with Gasteiger partial charge in [-0.25, -0.2) is 0 Å². The lowest BCUT2D eigenvalue weighted by atomic mass is 10.2. The Kier molecular flexibility index (Phi) is 3.05. The highest BCUT2D eigenvalue weighted by atomic mass is 35.5. The van der Waals surface area contributed by atoms with Gasteiger partial charge in [0.25, 0.3) is 5.91 Å².